The van der Waals surface area contributed by atoms with E-state index in [2.05, 4.69) is 0 Å². The molecule has 4 N–H and O–H groups in total. The fourth-order valence-electron chi connectivity index (χ4n) is 1.05. The molecule has 0 aliphatic carbocycles. The van der Waals surface area contributed by atoms with Crippen LogP contribution in [-0.2, 0) is 10.2 Å². The second-order valence-corrected chi connectivity index (χ2v) is 3.69. The van der Waals surface area contributed by atoms with E-state index < -0.39 is 11.3 Å². The van der Waals surface area contributed by atoms with Gasteiger partial charge in [0.1, 0.15) is 0 Å². The van der Waals surface area contributed by atoms with Crippen molar-refractivity contribution >= 4 is 5.91 Å². The first kappa shape index (κ1) is 10.4. The summed E-state index contributed by atoms with van der Waals surface area (Å²) in [5.74, 6) is -0.951. The monoisotopic (exact) mass is 195 g/mol. The van der Waals surface area contributed by atoms with Crippen molar-refractivity contribution in [2.24, 2.45) is 5.73 Å². The number of phenols is 2. The van der Waals surface area contributed by atoms with Crippen LogP contribution in [0.5, 0.6) is 11.5 Å². The number of aromatic hydroxyl groups is 2. The van der Waals surface area contributed by atoms with Crippen LogP contribution in [0.2, 0.25) is 0 Å². The van der Waals surface area contributed by atoms with Crippen molar-refractivity contribution in [3.63, 3.8) is 0 Å². The molecule has 1 aromatic carbocycles. The van der Waals surface area contributed by atoms with E-state index in [1.807, 2.05) is 0 Å². The Kier molecular flexibility index (Phi) is 2.38. The van der Waals surface area contributed by atoms with Crippen LogP contribution in [0.15, 0.2) is 18.2 Å². The smallest absolute Gasteiger partial charge is 0.227 e. The molecule has 1 rings (SSSR count). The predicted molar refractivity (Wildman–Crippen MR) is 52.0 cm³/mol. The molecule has 0 saturated heterocycles. The molecule has 0 unspecified atom stereocenters. The lowest BCUT2D eigenvalue weighted by Crippen LogP contribution is -2.35. The van der Waals surface area contributed by atoms with Crippen LogP contribution in [0.25, 0.3) is 0 Å². The third-order valence-electron chi connectivity index (χ3n) is 2.31. The Labute approximate surface area is 82.0 Å². The van der Waals surface area contributed by atoms with Crippen molar-refractivity contribution in [1.82, 2.24) is 0 Å². The molecular formula is C10H13NO3. The summed E-state index contributed by atoms with van der Waals surface area (Å²) >= 11 is 0. The predicted octanol–water partition coefficient (Wildman–Crippen LogP) is 0.861. The highest BCUT2D eigenvalue weighted by molar-refractivity contribution is 5.85. The zero-order valence-corrected chi connectivity index (χ0v) is 8.11. The van der Waals surface area contributed by atoms with Crippen molar-refractivity contribution in [2.75, 3.05) is 0 Å². The van der Waals surface area contributed by atoms with E-state index in [4.69, 9.17) is 10.8 Å². The van der Waals surface area contributed by atoms with Gasteiger partial charge in [-0.2, -0.15) is 0 Å². The van der Waals surface area contributed by atoms with Gasteiger partial charge in [0.25, 0.3) is 0 Å². The molecule has 76 valence electrons. The van der Waals surface area contributed by atoms with Gasteiger partial charge in [0.2, 0.25) is 5.91 Å². The van der Waals surface area contributed by atoms with Gasteiger partial charge in [-0.05, 0) is 31.5 Å². The summed E-state index contributed by atoms with van der Waals surface area (Å²) < 4.78 is 0. The number of carbonyl (C=O) groups excluding carboxylic acids is 1. The minimum absolute atomic E-state index is 0.214. The Morgan fingerprint density at radius 3 is 2.29 bits per heavy atom. The lowest BCUT2D eigenvalue weighted by molar-refractivity contribution is -0.122. The highest BCUT2D eigenvalue weighted by Gasteiger charge is 2.27. The number of phenolic OH excluding ortho intramolecular Hbond substituents is 2. The van der Waals surface area contributed by atoms with E-state index in [1.165, 1.54) is 12.1 Å². The van der Waals surface area contributed by atoms with Crippen LogP contribution in [0.3, 0.4) is 0 Å². The van der Waals surface area contributed by atoms with E-state index in [1.54, 1.807) is 19.9 Å². The molecule has 0 bridgehead atoms. The minimum atomic E-state index is -0.856. The Bertz CT molecular complexity index is 372. The van der Waals surface area contributed by atoms with Gasteiger partial charge in [0, 0.05) is 0 Å². The first-order valence-corrected chi connectivity index (χ1v) is 4.18. The number of primary amides is 1. The Morgan fingerprint density at radius 1 is 1.29 bits per heavy atom. The van der Waals surface area contributed by atoms with Gasteiger partial charge < -0.3 is 15.9 Å². The largest absolute Gasteiger partial charge is 0.504 e. The molecule has 14 heavy (non-hydrogen) atoms. The summed E-state index contributed by atoms with van der Waals surface area (Å²) in [6.07, 6.45) is 0. The number of hydrogen-bond donors (Lipinski definition) is 3. The lowest BCUT2D eigenvalue weighted by Gasteiger charge is -2.21. The van der Waals surface area contributed by atoms with Crippen LogP contribution in [0.4, 0.5) is 0 Å². The van der Waals surface area contributed by atoms with E-state index >= 15 is 0 Å². The van der Waals surface area contributed by atoms with Crippen LogP contribution in [0.1, 0.15) is 19.4 Å². The van der Waals surface area contributed by atoms with Gasteiger partial charge in [0.15, 0.2) is 11.5 Å². The summed E-state index contributed by atoms with van der Waals surface area (Å²) in [5, 5.41) is 18.3. The van der Waals surface area contributed by atoms with E-state index in [0.29, 0.717) is 5.56 Å². The maximum atomic E-state index is 11.1. The van der Waals surface area contributed by atoms with E-state index in [-0.39, 0.29) is 11.5 Å². The molecule has 4 heteroatoms. The molecule has 0 radical (unpaired) electrons. The van der Waals surface area contributed by atoms with Crippen molar-refractivity contribution < 1.29 is 15.0 Å². The first-order valence-electron chi connectivity index (χ1n) is 4.18. The summed E-state index contributed by atoms with van der Waals surface area (Å²) in [7, 11) is 0. The molecule has 0 aliphatic heterocycles. The summed E-state index contributed by atoms with van der Waals surface area (Å²) in [5.41, 5.74) is 4.92. The number of carbonyl (C=O) groups is 1. The highest BCUT2D eigenvalue weighted by atomic mass is 16.3. The van der Waals surface area contributed by atoms with Crippen molar-refractivity contribution in [3.8, 4) is 11.5 Å². The second kappa shape index (κ2) is 3.21. The standard InChI is InChI=1S/C10H13NO3/c1-10(2,9(11)14)6-3-4-7(12)8(13)5-6/h3-5,12-13H,1-2H3,(H2,11,14). The van der Waals surface area contributed by atoms with Crippen molar-refractivity contribution in [2.45, 2.75) is 19.3 Å². The van der Waals surface area contributed by atoms with Gasteiger partial charge in [-0.3, -0.25) is 4.79 Å². The van der Waals surface area contributed by atoms with Gasteiger partial charge in [-0.15, -0.1) is 0 Å². The normalized spacial score (nSPS) is 11.3. The molecule has 0 spiro atoms. The fraction of sp³-hybridized carbons (Fsp3) is 0.300. The van der Waals surface area contributed by atoms with Crippen molar-refractivity contribution in [1.29, 1.82) is 0 Å². The maximum absolute atomic E-state index is 11.1. The third kappa shape index (κ3) is 1.64. The molecular weight excluding hydrogens is 182 g/mol. The molecule has 0 saturated carbocycles. The van der Waals surface area contributed by atoms with E-state index in [9.17, 15) is 9.90 Å². The summed E-state index contributed by atoms with van der Waals surface area (Å²) in [4.78, 5) is 11.1. The average Bonchev–Trinajstić information content (AvgIpc) is 2.09. The quantitative estimate of drug-likeness (QED) is 0.612. The lowest BCUT2D eigenvalue weighted by atomic mass is 9.84. The number of nitrogens with two attached hydrogens (primary N) is 1. The summed E-state index contributed by atoms with van der Waals surface area (Å²) in [6.45, 7) is 3.31. The number of hydrogen-bond acceptors (Lipinski definition) is 3. The Balaban J connectivity index is 3.21. The van der Waals surface area contributed by atoms with E-state index in [0.717, 1.165) is 0 Å². The van der Waals surface area contributed by atoms with Gasteiger partial charge in [-0.1, -0.05) is 6.07 Å². The van der Waals surface area contributed by atoms with Crippen LogP contribution >= 0.6 is 0 Å². The molecule has 0 heterocycles. The molecule has 0 fully saturated rings. The zero-order valence-electron chi connectivity index (χ0n) is 8.11. The van der Waals surface area contributed by atoms with Gasteiger partial charge in [-0.25, -0.2) is 0 Å². The first-order chi connectivity index (χ1) is 6.35. The minimum Gasteiger partial charge on any atom is -0.504 e. The Morgan fingerprint density at radius 2 is 1.86 bits per heavy atom. The fourth-order valence-corrected chi connectivity index (χ4v) is 1.05. The number of amides is 1. The topological polar surface area (TPSA) is 83.6 Å². The highest BCUT2D eigenvalue weighted by Crippen LogP contribution is 2.31. The number of rotatable bonds is 2. The Hall–Kier alpha value is -1.71. The van der Waals surface area contributed by atoms with Gasteiger partial charge in [0.05, 0.1) is 5.41 Å². The molecule has 1 aromatic rings. The second-order valence-electron chi connectivity index (χ2n) is 3.69. The molecule has 4 nitrogen and oxygen atoms in total. The zero-order chi connectivity index (χ0) is 10.9. The van der Waals surface area contributed by atoms with Crippen molar-refractivity contribution in [3.05, 3.63) is 23.8 Å². The van der Waals surface area contributed by atoms with Crippen LogP contribution in [-0.4, -0.2) is 16.1 Å². The molecule has 1 amide bonds. The van der Waals surface area contributed by atoms with Gasteiger partial charge >= 0.3 is 0 Å². The number of benzene rings is 1. The summed E-state index contributed by atoms with van der Waals surface area (Å²) in [6, 6.07) is 4.22. The van der Waals surface area contributed by atoms with Crippen LogP contribution < -0.4 is 5.73 Å². The molecule has 0 aromatic heterocycles. The maximum Gasteiger partial charge on any atom is 0.227 e. The molecule has 0 atom stereocenters. The third-order valence-corrected chi connectivity index (χ3v) is 2.31. The molecule has 0 aliphatic rings. The SMILES string of the molecule is CC(C)(C(N)=O)c1ccc(O)c(O)c1. The van der Waals surface area contributed by atoms with Crippen LogP contribution in [0, 0.1) is 0 Å². The average molecular weight is 195 g/mol.